The molecule has 0 saturated carbocycles. The maximum atomic E-state index is 8.93. The third-order valence-electron chi connectivity index (χ3n) is 4.19. The Morgan fingerprint density at radius 2 is 1.83 bits per heavy atom. The van der Waals surface area contributed by atoms with Crippen LogP contribution in [0.15, 0.2) is 0 Å². The smallest absolute Gasteiger partial charge is 0.0788 e. The molecule has 0 amide bonds. The topological polar surface area (TPSA) is 58.7 Å². The van der Waals surface area contributed by atoms with E-state index < -0.39 is 0 Å². The minimum atomic E-state index is -0.259. The summed E-state index contributed by atoms with van der Waals surface area (Å²) in [5.74, 6) is 0.325. The SMILES string of the molecule is CCN(CCCO)CC1C(N)C(C)(C)OC1(C)C. The Kier molecular flexibility index (Phi) is 5.18. The van der Waals surface area contributed by atoms with E-state index in [0.717, 1.165) is 26.1 Å². The van der Waals surface area contributed by atoms with Gasteiger partial charge in [-0.2, -0.15) is 0 Å². The minimum Gasteiger partial charge on any atom is -0.396 e. The Morgan fingerprint density at radius 3 is 2.22 bits per heavy atom. The van der Waals surface area contributed by atoms with Gasteiger partial charge in [-0.1, -0.05) is 6.92 Å². The number of hydrogen-bond donors (Lipinski definition) is 2. The second-order valence-corrected chi connectivity index (χ2v) is 6.41. The van der Waals surface area contributed by atoms with Crippen LogP contribution < -0.4 is 5.73 Å². The molecule has 0 aliphatic carbocycles. The van der Waals surface area contributed by atoms with E-state index in [1.54, 1.807) is 0 Å². The van der Waals surface area contributed by atoms with Crippen molar-refractivity contribution < 1.29 is 9.84 Å². The van der Waals surface area contributed by atoms with E-state index in [1.165, 1.54) is 0 Å². The summed E-state index contributed by atoms with van der Waals surface area (Å²) < 4.78 is 6.11. The van der Waals surface area contributed by atoms with Gasteiger partial charge in [-0.05, 0) is 40.7 Å². The third-order valence-corrected chi connectivity index (χ3v) is 4.19. The van der Waals surface area contributed by atoms with Crippen molar-refractivity contribution in [1.29, 1.82) is 0 Å². The van der Waals surface area contributed by atoms with Crippen LogP contribution in [-0.2, 0) is 4.74 Å². The first-order chi connectivity index (χ1) is 8.24. The molecule has 0 aromatic rings. The van der Waals surface area contributed by atoms with Gasteiger partial charge in [-0.3, -0.25) is 0 Å². The Hall–Kier alpha value is -0.160. The number of aliphatic hydroxyl groups is 1. The van der Waals surface area contributed by atoms with Crippen LogP contribution in [-0.4, -0.2) is 53.5 Å². The minimum absolute atomic E-state index is 0.0516. The molecule has 1 rings (SSSR count). The van der Waals surface area contributed by atoms with Crippen LogP contribution in [0.2, 0.25) is 0 Å². The highest BCUT2D eigenvalue weighted by atomic mass is 16.5. The number of hydrogen-bond acceptors (Lipinski definition) is 4. The summed E-state index contributed by atoms with van der Waals surface area (Å²) in [5.41, 5.74) is 5.92. The van der Waals surface area contributed by atoms with Gasteiger partial charge in [0.1, 0.15) is 0 Å². The van der Waals surface area contributed by atoms with Gasteiger partial charge in [-0.25, -0.2) is 0 Å². The molecule has 0 bridgehead atoms. The molecule has 108 valence electrons. The van der Waals surface area contributed by atoms with Crippen molar-refractivity contribution in [2.24, 2.45) is 11.7 Å². The Labute approximate surface area is 111 Å². The molecule has 2 unspecified atom stereocenters. The normalized spacial score (nSPS) is 30.0. The van der Waals surface area contributed by atoms with E-state index in [1.807, 2.05) is 0 Å². The predicted molar refractivity (Wildman–Crippen MR) is 74.5 cm³/mol. The van der Waals surface area contributed by atoms with E-state index in [0.29, 0.717) is 5.92 Å². The number of nitrogens with two attached hydrogens (primary N) is 1. The van der Waals surface area contributed by atoms with Crippen molar-refractivity contribution in [2.45, 2.75) is 58.3 Å². The second kappa shape index (κ2) is 5.87. The first kappa shape index (κ1) is 15.9. The van der Waals surface area contributed by atoms with E-state index in [9.17, 15) is 0 Å². The van der Waals surface area contributed by atoms with Gasteiger partial charge in [0, 0.05) is 31.7 Å². The molecule has 0 spiro atoms. The summed E-state index contributed by atoms with van der Waals surface area (Å²) in [7, 11) is 0. The van der Waals surface area contributed by atoms with Gasteiger partial charge in [0.25, 0.3) is 0 Å². The van der Waals surface area contributed by atoms with Gasteiger partial charge in [0.2, 0.25) is 0 Å². The van der Waals surface area contributed by atoms with Crippen molar-refractivity contribution in [3.8, 4) is 0 Å². The van der Waals surface area contributed by atoms with Crippen molar-refractivity contribution >= 4 is 0 Å². The van der Waals surface area contributed by atoms with Crippen molar-refractivity contribution in [3.05, 3.63) is 0 Å². The van der Waals surface area contributed by atoms with Crippen LogP contribution in [0.3, 0.4) is 0 Å². The fourth-order valence-corrected chi connectivity index (χ4v) is 3.02. The lowest BCUT2D eigenvalue weighted by Crippen LogP contribution is -2.48. The molecule has 2 atom stereocenters. The average Bonchev–Trinajstić information content (AvgIpc) is 2.41. The van der Waals surface area contributed by atoms with Crippen LogP contribution in [0.25, 0.3) is 0 Å². The third kappa shape index (κ3) is 3.44. The lowest BCUT2D eigenvalue weighted by atomic mass is 9.82. The van der Waals surface area contributed by atoms with Crippen LogP contribution in [0.1, 0.15) is 41.0 Å². The summed E-state index contributed by atoms with van der Waals surface area (Å²) in [4.78, 5) is 2.35. The zero-order chi connectivity index (χ0) is 14.0. The van der Waals surface area contributed by atoms with Gasteiger partial charge in [0.05, 0.1) is 11.2 Å². The molecule has 18 heavy (non-hydrogen) atoms. The fourth-order valence-electron chi connectivity index (χ4n) is 3.02. The molecular formula is C14H30N2O2. The summed E-state index contributed by atoms with van der Waals surface area (Å²) >= 11 is 0. The summed E-state index contributed by atoms with van der Waals surface area (Å²) in [5, 5.41) is 8.93. The molecule has 0 radical (unpaired) electrons. The molecule has 4 nitrogen and oxygen atoms in total. The van der Waals surface area contributed by atoms with Gasteiger partial charge < -0.3 is 20.5 Å². The summed E-state index contributed by atoms with van der Waals surface area (Å²) in [6.07, 6.45) is 0.820. The maximum absolute atomic E-state index is 8.93. The standard InChI is InChI=1S/C14H30N2O2/c1-6-16(8-7-9-17)10-11-12(15)14(4,5)18-13(11,2)3/h11-12,17H,6-10,15H2,1-5H3. The first-order valence-corrected chi connectivity index (χ1v) is 7.03. The zero-order valence-electron chi connectivity index (χ0n) is 12.6. The molecule has 0 aromatic heterocycles. The monoisotopic (exact) mass is 258 g/mol. The lowest BCUT2D eigenvalue weighted by Gasteiger charge is -2.32. The molecule has 4 heteroatoms. The molecule has 1 saturated heterocycles. The molecule has 1 aliphatic rings. The summed E-state index contributed by atoms with van der Waals surface area (Å²) in [6.45, 7) is 13.7. The van der Waals surface area contributed by atoms with Crippen LogP contribution >= 0.6 is 0 Å². The second-order valence-electron chi connectivity index (χ2n) is 6.41. The molecule has 3 N–H and O–H groups in total. The first-order valence-electron chi connectivity index (χ1n) is 7.03. The van der Waals surface area contributed by atoms with Crippen molar-refractivity contribution in [1.82, 2.24) is 4.90 Å². The molecule has 1 fully saturated rings. The van der Waals surface area contributed by atoms with Gasteiger partial charge >= 0.3 is 0 Å². The van der Waals surface area contributed by atoms with Crippen molar-refractivity contribution in [2.75, 3.05) is 26.2 Å². The number of ether oxygens (including phenoxy) is 1. The number of rotatable bonds is 6. The quantitative estimate of drug-likeness (QED) is 0.752. The lowest BCUT2D eigenvalue weighted by molar-refractivity contribution is -0.0784. The largest absolute Gasteiger partial charge is 0.396 e. The van der Waals surface area contributed by atoms with Gasteiger partial charge in [0.15, 0.2) is 0 Å². The molecular weight excluding hydrogens is 228 g/mol. The molecule has 1 heterocycles. The van der Waals surface area contributed by atoms with Crippen molar-refractivity contribution in [3.63, 3.8) is 0 Å². The van der Waals surface area contributed by atoms with Gasteiger partial charge in [-0.15, -0.1) is 0 Å². The fraction of sp³-hybridized carbons (Fsp3) is 1.00. The van der Waals surface area contributed by atoms with E-state index >= 15 is 0 Å². The Balaban J connectivity index is 2.69. The highest BCUT2D eigenvalue weighted by Crippen LogP contribution is 2.41. The van der Waals surface area contributed by atoms with E-state index in [4.69, 9.17) is 15.6 Å². The number of nitrogens with zero attached hydrogens (tertiary/aromatic N) is 1. The average molecular weight is 258 g/mol. The van der Waals surface area contributed by atoms with E-state index in [2.05, 4.69) is 39.5 Å². The Morgan fingerprint density at radius 1 is 1.22 bits per heavy atom. The highest BCUT2D eigenvalue weighted by molar-refractivity contribution is 5.04. The summed E-state index contributed by atoms with van der Waals surface area (Å²) in [6, 6.07) is 0.0516. The van der Waals surface area contributed by atoms with Crippen LogP contribution in [0, 0.1) is 5.92 Å². The predicted octanol–water partition coefficient (Wildman–Crippen LogP) is 1.22. The zero-order valence-corrected chi connectivity index (χ0v) is 12.6. The van der Waals surface area contributed by atoms with E-state index in [-0.39, 0.29) is 23.9 Å². The maximum Gasteiger partial charge on any atom is 0.0788 e. The molecule has 1 aliphatic heterocycles. The Bertz CT molecular complexity index is 267. The van der Waals surface area contributed by atoms with Crippen LogP contribution in [0.4, 0.5) is 0 Å². The molecule has 0 aromatic carbocycles. The van der Waals surface area contributed by atoms with Crippen LogP contribution in [0.5, 0.6) is 0 Å². The number of aliphatic hydroxyl groups excluding tert-OH is 1. The highest BCUT2D eigenvalue weighted by Gasteiger charge is 2.52.